The lowest BCUT2D eigenvalue weighted by Gasteiger charge is -2.29. The van der Waals surface area contributed by atoms with Gasteiger partial charge < -0.3 is 10.1 Å². The topological polar surface area (TPSA) is 102 Å². The zero-order valence-corrected chi connectivity index (χ0v) is 15.7. The van der Waals surface area contributed by atoms with Gasteiger partial charge in [-0.2, -0.15) is 0 Å². The first-order chi connectivity index (χ1) is 12.9. The smallest absolute Gasteiger partial charge is 0.271 e. The third-order valence-electron chi connectivity index (χ3n) is 4.23. The zero-order valence-electron chi connectivity index (χ0n) is 14.9. The van der Waals surface area contributed by atoms with Gasteiger partial charge in [-0.1, -0.05) is 19.9 Å². The first kappa shape index (κ1) is 18.8. The van der Waals surface area contributed by atoms with Crippen LogP contribution in [-0.4, -0.2) is 29.9 Å². The maximum absolute atomic E-state index is 12.6. The highest BCUT2D eigenvalue weighted by molar-refractivity contribution is 7.10. The maximum atomic E-state index is 12.6. The number of carbonyl (C=O) groups is 2. The maximum Gasteiger partial charge on any atom is 0.271 e. The number of rotatable bonds is 6. The van der Waals surface area contributed by atoms with Gasteiger partial charge in [0.2, 0.25) is 5.91 Å². The van der Waals surface area contributed by atoms with Gasteiger partial charge in [0.1, 0.15) is 12.3 Å². The van der Waals surface area contributed by atoms with Crippen LogP contribution in [0.5, 0.6) is 5.75 Å². The molecule has 0 unspecified atom stereocenters. The van der Waals surface area contributed by atoms with E-state index in [1.54, 1.807) is 11.3 Å². The average molecular weight is 389 g/mol. The van der Waals surface area contributed by atoms with Gasteiger partial charge in [-0.05, 0) is 23.4 Å². The van der Waals surface area contributed by atoms with Crippen molar-refractivity contribution in [3.05, 3.63) is 50.7 Å². The summed E-state index contributed by atoms with van der Waals surface area (Å²) in [6, 6.07) is 7.69. The Bertz CT molecular complexity index is 866. The van der Waals surface area contributed by atoms with Crippen molar-refractivity contribution in [3.8, 4) is 5.75 Å². The summed E-state index contributed by atoms with van der Waals surface area (Å²) in [5, 5.41) is 15.9. The van der Waals surface area contributed by atoms with Crippen LogP contribution >= 0.6 is 11.3 Å². The minimum absolute atomic E-state index is 0.168. The van der Waals surface area contributed by atoms with Crippen LogP contribution < -0.4 is 15.0 Å². The molecule has 3 rings (SSSR count). The number of non-ortho nitro benzene ring substituents is 1. The molecule has 0 fully saturated rings. The second-order valence-electron chi connectivity index (χ2n) is 6.48. The molecule has 9 heteroatoms. The summed E-state index contributed by atoms with van der Waals surface area (Å²) < 4.78 is 5.32. The Morgan fingerprint density at radius 1 is 1.41 bits per heavy atom. The normalized spacial score (nSPS) is 14.5. The molecule has 2 amide bonds. The highest BCUT2D eigenvalue weighted by Crippen LogP contribution is 2.35. The molecule has 1 aliphatic heterocycles. The molecule has 142 valence electrons. The standard InChI is InChI=1S/C18H19N3O5S/c1-11(2)18(15-4-3-7-27-15)19-16(22)9-20-13-8-12(21(24)25)5-6-14(13)26-10-17(20)23/h3-8,11,18H,9-10H2,1-2H3,(H,19,22)/t18-/m1/s1. The predicted octanol–water partition coefficient (Wildman–Crippen LogP) is 2.90. The molecule has 1 aromatic carbocycles. The Kier molecular flexibility index (Phi) is 5.41. The Hall–Kier alpha value is -2.94. The van der Waals surface area contributed by atoms with Crippen LogP contribution in [0.1, 0.15) is 24.8 Å². The number of ether oxygens (including phenoxy) is 1. The molecule has 27 heavy (non-hydrogen) atoms. The lowest BCUT2D eigenvalue weighted by atomic mass is 10.0. The zero-order chi connectivity index (χ0) is 19.6. The predicted molar refractivity (Wildman–Crippen MR) is 101 cm³/mol. The fourth-order valence-corrected chi connectivity index (χ4v) is 3.82. The van der Waals surface area contributed by atoms with Gasteiger partial charge in [-0.25, -0.2) is 0 Å². The Labute approximate surface area is 159 Å². The minimum Gasteiger partial charge on any atom is -0.482 e. The number of fused-ring (bicyclic) bond motifs is 1. The van der Waals surface area contributed by atoms with Gasteiger partial charge in [0.15, 0.2) is 6.61 Å². The van der Waals surface area contributed by atoms with E-state index < -0.39 is 10.8 Å². The first-order valence-electron chi connectivity index (χ1n) is 8.41. The van der Waals surface area contributed by atoms with Crippen molar-refractivity contribution < 1.29 is 19.2 Å². The monoisotopic (exact) mass is 389 g/mol. The molecule has 1 atom stereocenters. The van der Waals surface area contributed by atoms with Crippen LogP contribution in [0.3, 0.4) is 0 Å². The van der Waals surface area contributed by atoms with Gasteiger partial charge in [0.05, 0.1) is 16.7 Å². The number of carbonyl (C=O) groups excluding carboxylic acids is 2. The molecule has 0 bridgehead atoms. The van der Waals surface area contributed by atoms with Gasteiger partial charge in [-0.15, -0.1) is 11.3 Å². The second-order valence-corrected chi connectivity index (χ2v) is 7.46. The van der Waals surface area contributed by atoms with Crippen LogP contribution in [0, 0.1) is 16.0 Å². The molecular formula is C18H19N3O5S. The third-order valence-corrected chi connectivity index (χ3v) is 5.19. The lowest BCUT2D eigenvalue weighted by Crippen LogP contribution is -2.46. The first-order valence-corrected chi connectivity index (χ1v) is 9.29. The van der Waals surface area contributed by atoms with E-state index in [9.17, 15) is 19.7 Å². The van der Waals surface area contributed by atoms with Gasteiger partial charge in [0, 0.05) is 17.0 Å². The Morgan fingerprint density at radius 3 is 2.81 bits per heavy atom. The summed E-state index contributed by atoms with van der Waals surface area (Å²) in [7, 11) is 0. The minimum atomic E-state index is -0.552. The number of thiophene rings is 1. The highest BCUT2D eigenvalue weighted by Gasteiger charge is 2.30. The van der Waals surface area contributed by atoms with Crippen LogP contribution in [0.2, 0.25) is 0 Å². The molecule has 2 heterocycles. The number of nitro benzene ring substituents is 1. The fourth-order valence-electron chi connectivity index (χ4n) is 2.87. The van der Waals surface area contributed by atoms with E-state index in [0.29, 0.717) is 5.75 Å². The summed E-state index contributed by atoms with van der Waals surface area (Å²) in [5.41, 5.74) is 0.0592. The van der Waals surface area contributed by atoms with Crippen molar-refractivity contribution in [1.82, 2.24) is 5.32 Å². The summed E-state index contributed by atoms with van der Waals surface area (Å²) in [4.78, 5) is 37.6. The Balaban J connectivity index is 1.80. The van der Waals surface area contributed by atoms with Crippen LogP contribution in [-0.2, 0) is 9.59 Å². The van der Waals surface area contributed by atoms with E-state index >= 15 is 0 Å². The van der Waals surface area contributed by atoms with Gasteiger partial charge in [0.25, 0.3) is 11.6 Å². The molecule has 0 aliphatic carbocycles. The number of nitrogens with zero attached hydrogens (tertiary/aromatic N) is 2. The van der Waals surface area contributed by atoms with Crippen LogP contribution in [0.25, 0.3) is 0 Å². The number of hydrogen-bond donors (Lipinski definition) is 1. The number of hydrogen-bond acceptors (Lipinski definition) is 6. The van der Waals surface area contributed by atoms with E-state index in [-0.39, 0.29) is 42.4 Å². The summed E-state index contributed by atoms with van der Waals surface area (Å²) >= 11 is 1.55. The number of benzene rings is 1. The largest absolute Gasteiger partial charge is 0.482 e. The molecule has 2 aromatic rings. The molecular weight excluding hydrogens is 370 g/mol. The van der Waals surface area contributed by atoms with Crippen LogP contribution in [0.4, 0.5) is 11.4 Å². The van der Waals surface area contributed by atoms with Crippen molar-refractivity contribution in [1.29, 1.82) is 0 Å². The molecule has 0 saturated carbocycles. The van der Waals surface area contributed by atoms with E-state index in [4.69, 9.17) is 4.74 Å². The second kappa shape index (κ2) is 7.75. The van der Waals surface area contributed by atoms with Gasteiger partial charge >= 0.3 is 0 Å². The van der Waals surface area contributed by atoms with Gasteiger partial charge in [-0.3, -0.25) is 24.6 Å². The molecule has 1 N–H and O–H groups in total. The van der Waals surface area contributed by atoms with Crippen molar-refractivity contribution in [2.24, 2.45) is 5.92 Å². The number of amides is 2. The molecule has 0 radical (unpaired) electrons. The number of nitrogens with one attached hydrogen (secondary N) is 1. The fraction of sp³-hybridized carbons (Fsp3) is 0.333. The third kappa shape index (κ3) is 4.08. The molecule has 0 saturated heterocycles. The number of nitro groups is 1. The van der Waals surface area contributed by atoms with E-state index in [1.165, 1.54) is 23.1 Å². The van der Waals surface area contributed by atoms with Crippen molar-refractivity contribution >= 4 is 34.5 Å². The summed E-state index contributed by atoms with van der Waals surface area (Å²) in [6.07, 6.45) is 0. The summed E-state index contributed by atoms with van der Waals surface area (Å²) in [5.74, 6) is -0.252. The quantitative estimate of drug-likeness (QED) is 0.605. The van der Waals surface area contributed by atoms with Crippen molar-refractivity contribution in [3.63, 3.8) is 0 Å². The molecule has 8 nitrogen and oxygen atoms in total. The van der Waals surface area contributed by atoms with E-state index in [1.807, 2.05) is 31.4 Å². The van der Waals surface area contributed by atoms with Crippen molar-refractivity contribution in [2.45, 2.75) is 19.9 Å². The van der Waals surface area contributed by atoms with E-state index in [0.717, 1.165) is 4.88 Å². The molecule has 1 aromatic heterocycles. The molecule has 1 aliphatic rings. The lowest BCUT2D eigenvalue weighted by molar-refractivity contribution is -0.384. The van der Waals surface area contributed by atoms with E-state index in [2.05, 4.69) is 5.32 Å². The average Bonchev–Trinajstić information content (AvgIpc) is 3.15. The summed E-state index contributed by atoms with van der Waals surface area (Å²) in [6.45, 7) is 3.56. The number of anilines is 1. The molecule has 0 spiro atoms. The SMILES string of the molecule is CC(C)[C@@H](NC(=O)CN1C(=O)COc2ccc([N+](=O)[O-])cc21)c1cccs1. The van der Waals surface area contributed by atoms with Crippen LogP contribution in [0.15, 0.2) is 35.7 Å². The highest BCUT2D eigenvalue weighted by atomic mass is 32.1. The Morgan fingerprint density at radius 2 is 2.19 bits per heavy atom. The van der Waals surface area contributed by atoms with Crippen molar-refractivity contribution in [2.75, 3.05) is 18.1 Å².